The minimum absolute atomic E-state index is 0.0121. The lowest BCUT2D eigenvalue weighted by Crippen LogP contribution is -2.24. The van der Waals surface area contributed by atoms with Gasteiger partial charge < -0.3 is 14.8 Å². The van der Waals surface area contributed by atoms with Crippen molar-refractivity contribution in [3.8, 4) is 17.2 Å². The van der Waals surface area contributed by atoms with Gasteiger partial charge in [0, 0.05) is 17.3 Å². The van der Waals surface area contributed by atoms with Crippen LogP contribution in [0.5, 0.6) is 11.5 Å². The van der Waals surface area contributed by atoms with E-state index in [1.807, 2.05) is 6.92 Å². The zero-order valence-corrected chi connectivity index (χ0v) is 23.6. The first-order valence-electron chi connectivity index (χ1n) is 11.5. The first kappa shape index (κ1) is 28.3. The summed E-state index contributed by atoms with van der Waals surface area (Å²) in [6, 6.07) is 10.6. The Kier molecular flexibility index (Phi) is 9.73. The van der Waals surface area contributed by atoms with Crippen LogP contribution < -0.4 is 20.1 Å². The summed E-state index contributed by atoms with van der Waals surface area (Å²) in [5.41, 5.74) is 0.907. The van der Waals surface area contributed by atoms with Gasteiger partial charge in [0.15, 0.2) is 15.3 Å². The van der Waals surface area contributed by atoms with Crippen molar-refractivity contribution in [1.29, 1.82) is 0 Å². The Morgan fingerprint density at radius 1 is 1.00 bits per heavy atom. The number of hydrogen-bond acceptors (Lipinski definition) is 11. The molecular formula is C24H24FN7O4S3. The molecule has 0 aliphatic rings. The van der Waals surface area contributed by atoms with Gasteiger partial charge in [0.1, 0.15) is 17.3 Å². The van der Waals surface area contributed by atoms with E-state index in [0.29, 0.717) is 38.9 Å². The van der Waals surface area contributed by atoms with Gasteiger partial charge in [0.2, 0.25) is 11.0 Å². The smallest absolute Gasteiger partial charge is 0.251 e. The van der Waals surface area contributed by atoms with Crippen LogP contribution in [0.15, 0.2) is 52.0 Å². The SMILES string of the molecule is CCSc1nnc(NC(=O)CSc2nnc(CNC(=O)c3cc(OC)cc(OC)c3)n2-c2ccc(F)cc2)s1. The summed E-state index contributed by atoms with van der Waals surface area (Å²) >= 11 is 3.98. The molecule has 0 bridgehead atoms. The minimum atomic E-state index is -0.403. The fraction of sp³-hybridized carbons (Fsp3) is 0.250. The number of nitrogens with one attached hydrogen (secondary N) is 2. The first-order valence-corrected chi connectivity index (χ1v) is 14.3. The van der Waals surface area contributed by atoms with Crippen molar-refractivity contribution in [3.63, 3.8) is 0 Å². The van der Waals surface area contributed by atoms with E-state index in [1.165, 1.54) is 37.7 Å². The maximum absolute atomic E-state index is 13.6. The number of aromatic nitrogens is 5. The summed E-state index contributed by atoms with van der Waals surface area (Å²) < 4.78 is 26.5. The lowest BCUT2D eigenvalue weighted by Gasteiger charge is -2.12. The van der Waals surface area contributed by atoms with Crippen molar-refractivity contribution in [2.24, 2.45) is 0 Å². The van der Waals surface area contributed by atoms with Crippen molar-refractivity contribution in [2.45, 2.75) is 23.0 Å². The van der Waals surface area contributed by atoms with Gasteiger partial charge in [-0.05, 0) is 42.2 Å². The Labute approximate surface area is 235 Å². The molecule has 0 saturated carbocycles. The number of rotatable bonds is 12. The van der Waals surface area contributed by atoms with Crippen molar-refractivity contribution in [3.05, 3.63) is 59.7 Å². The molecule has 2 amide bonds. The molecular weight excluding hydrogens is 566 g/mol. The molecule has 0 atom stereocenters. The van der Waals surface area contributed by atoms with Crippen LogP contribution in [0, 0.1) is 5.82 Å². The molecule has 0 spiro atoms. The van der Waals surface area contributed by atoms with Crippen LogP contribution in [0.2, 0.25) is 0 Å². The van der Waals surface area contributed by atoms with Crippen LogP contribution in [0.25, 0.3) is 5.69 Å². The maximum atomic E-state index is 13.6. The molecule has 4 rings (SSSR count). The predicted molar refractivity (Wildman–Crippen MR) is 148 cm³/mol. The van der Waals surface area contributed by atoms with Gasteiger partial charge in [-0.2, -0.15) is 0 Å². The van der Waals surface area contributed by atoms with Crippen molar-refractivity contribution >= 4 is 51.8 Å². The minimum Gasteiger partial charge on any atom is -0.497 e. The molecule has 0 unspecified atom stereocenters. The third-order valence-electron chi connectivity index (χ3n) is 5.06. The molecule has 2 aromatic carbocycles. The zero-order valence-electron chi connectivity index (χ0n) is 21.1. The Hall–Kier alpha value is -3.69. The highest BCUT2D eigenvalue weighted by Gasteiger charge is 2.18. The number of amides is 2. The van der Waals surface area contributed by atoms with E-state index in [-0.39, 0.29) is 24.1 Å². The summed E-state index contributed by atoms with van der Waals surface area (Å²) in [5, 5.41) is 22.8. The van der Waals surface area contributed by atoms with E-state index in [0.717, 1.165) is 21.9 Å². The number of hydrogen-bond donors (Lipinski definition) is 2. The normalized spacial score (nSPS) is 10.8. The Balaban J connectivity index is 1.49. The van der Waals surface area contributed by atoms with Gasteiger partial charge in [-0.3, -0.25) is 19.5 Å². The van der Waals surface area contributed by atoms with Crippen LogP contribution in [0.3, 0.4) is 0 Å². The van der Waals surface area contributed by atoms with Crippen molar-refractivity contribution in [1.82, 2.24) is 30.3 Å². The molecule has 4 aromatic rings. The largest absolute Gasteiger partial charge is 0.497 e. The number of halogens is 1. The number of anilines is 1. The molecule has 2 heterocycles. The lowest BCUT2D eigenvalue weighted by atomic mass is 10.2. The third kappa shape index (κ3) is 7.46. The van der Waals surface area contributed by atoms with Crippen LogP contribution in [-0.2, 0) is 11.3 Å². The molecule has 204 valence electrons. The quantitative estimate of drug-likeness (QED) is 0.184. The molecule has 0 aliphatic carbocycles. The topological polar surface area (TPSA) is 133 Å². The molecule has 0 aliphatic heterocycles. The average molecular weight is 590 g/mol. The number of benzene rings is 2. The highest BCUT2D eigenvalue weighted by atomic mass is 32.2. The van der Waals surface area contributed by atoms with Crippen LogP contribution >= 0.6 is 34.9 Å². The summed E-state index contributed by atoms with van der Waals surface area (Å²) in [6.45, 7) is 2.02. The fourth-order valence-electron chi connectivity index (χ4n) is 3.29. The number of methoxy groups -OCH3 is 2. The van der Waals surface area contributed by atoms with Gasteiger partial charge in [-0.1, -0.05) is 41.8 Å². The van der Waals surface area contributed by atoms with E-state index in [4.69, 9.17) is 9.47 Å². The first-order chi connectivity index (χ1) is 18.9. The van der Waals surface area contributed by atoms with Gasteiger partial charge >= 0.3 is 0 Å². The van der Waals surface area contributed by atoms with Crippen LogP contribution in [0.4, 0.5) is 9.52 Å². The molecule has 11 nitrogen and oxygen atoms in total. The van der Waals surface area contributed by atoms with Crippen LogP contribution in [0.1, 0.15) is 23.1 Å². The number of thioether (sulfide) groups is 2. The average Bonchev–Trinajstić information content (AvgIpc) is 3.57. The second-order valence-electron chi connectivity index (χ2n) is 7.64. The van der Waals surface area contributed by atoms with Gasteiger partial charge in [0.25, 0.3) is 5.91 Å². The Bertz CT molecular complexity index is 1420. The molecule has 0 fully saturated rings. The molecule has 15 heteroatoms. The fourth-order valence-corrected chi connectivity index (χ4v) is 5.72. The number of nitrogens with zero attached hydrogens (tertiary/aromatic N) is 5. The van der Waals surface area contributed by atoms with E-state index in [9.17, 15) is 14.0 Å². The Morgan fingerprint density at radius 3 is 2.38 bits per heavy atom. The highest BCUT2D eigenvalue weighted by molar-refractivity contribution is 8.01. The van der Waals surface area contributed by atoms with Crippen molar-refractivity contribution < 1.29 is 23.5 Å². The second-order valence-corrected chi connectivity index (χ2v) is 11.1. The number of ether oxygens (including phenoxy) is 2. The monoisotopic (exact) mass is 589 g/mol. The van der Waals surface area contributed by atoms with Gasteiger partial charge in [-0.25, -0.2) is 4.39 Å². The molecule has 0 saturated heterocycles. The number of carbonyl (C=O) groups is 2. The Morgan fingerprint density at radius 2 is 1.72 bits per heavy atom. The second kappa shape index (κ2) is 13.4. The third-order valence-corrected chi connectivity index (χ3v) is 7.84. The van der Waals surface area contributed by atoms with E-state index in [1.54, 1.807) is 46.7 Å². The van der Waals surface area contributed by atoms with E-state index >= 15 is 0 Å². The molecule has 2 N–H and O–H groups in total. The summed E-state index contributed by atoms with van der Waals surface area (Å²) in [6.07, 6.45) is 0. The van der Waals surface area contributed by atoms with Crippen LogP contribution in [-0.4, -0.2) is 62.5 Å². The highest BCUT2D eigenvalue weighted by Crippen LogP contribution is 2.27. The summed E-state index contributed by atoms with van der Waals surface area (Å²) in [4.78, 5) is 25.4. The molecule has 0 radical (unpaired) electrons. The van der Waals surface area contributed by atoms with Gasteiger partial charge in [-0.15, -0.1) is 20.4 Å². The van der Waals surface area contributed by atoms with Gasteiger partial charge in [0.05, 0.1) is 26.5 Å². The molecule has 39 heavy (non-hydrogen) atoms. The summed E-state index contributed by atoms with van der Waals surface area (Å²) in [5.74, 6) is 1.13. The molecule has 2 aromatic heterocycles. The van der Waals surface area contributed by atoms with E-state index in [2.05, 4.69) is 31.0 Å². The number of carbonyl (C=O) groups excluding carboxylic acids is 2. The standard InChI is InChI=1S/C24H24FN7O4S3/c1-4-37-24-31-29-22(39-24)27-20(33)13-38-23-30-28-19(32(23)16-7-5-15(25)6-8-16)12-26-21(34)14-9-17(35-2)11-18(10-14)36-3/h5-11H,4,12-13H2,1-3H3,(H,26,34)(H,27,29,33). The summed E-state index contributed by atoms with van der Waals surface area (Å²) in [7, 11) is 3.00. The van der Waals surface area contributed by atoms with Crippen molar-refractivity contribution in [2.75, 3.05) is 31.0 Å². The van der Waals surface area contributed by atoms with E-state index < -0.39 is 5.82 Å². The lowest BCUT2D eigenvalue weighted by molar-refractivity contribution is -0.113. The predicted octanol–water partition coefficient (Wildman–Crippen LogP) is 4.05. The maximum Gasteiger partial charge on any atom is 0.251 e. The zero-order chi connectivity index (χ0) is 27.8.